The van der Waals surface area contributed by atoms with E-state index in [0.717, 1.165) is 27.0 Å². The van der Waals surface area contributed by atoms with Crippen LogP contribution in [-0.2, 0) is 21.9 Å². The van der Waals surface area contributed by atoms with Gasteiger partial charge in [-0.1, -0.05) is 38.1 Å². The number of aliphatic carboxylic acids is 1. The van der Waals surface area contributed by atoms with Crippen LogP contribution in [0.25, 0.3) is 21.3 Å². The summed E-state index contributed by atoms with van der Waals surface area (Å²) in [5, 5.41) is 17.5. The van der Waals surface area contributed by atoms with Gasteiger partial charge < -0.3 is 10.4 Å². The van der Waals surface area contributed by atoms with Gasteiger partial charge in [0.25, 0.3) is 5.91 Å². The third-order valence-corrected chi connectivity index (χ3v) is 8.43. The van der Waals surface area contributed by atoms with E-state index in [1.54, 1.807) is 42.8 Å². The van der Waals surface area contributed by atoms with Gasteiger partial charge in [0.05, 0.1) is 15.5 Å². The smallest absolute Gasteiger partial charge is 0.322 e. The molecule has 4 rings (SSSR count). The average molecular weight is 527 g/mol. The molecule has 2 aromatic heterocycles. The predicted octanol–water partition coefficient (Wildman–Crippen LogP) is 4.25. The number of aryl methyl sites for hydroxylation is 2. The maximum atomic E-state index is 12.7. The number of nitrogens with zero attached hydrogens (tertiary/aromatic N) is 2. The molecule has 1 amide bonds. The molecular weight excluding hydrogens is 500 g/mol. The van der Waals surface area contributed by atoms with Crippen LogP contribution < -0.4 is 10.0 Å². The Hall–Kier alpha value is -3.54. The fourth-order valence-electron chi connectivity index (χ4n) is 3.79. The van der Waals surface area contributed by atoms with E-state index in [0.29, 0.717) is 10.6 Å². The van der Waals surface area contributed by atoms with E-state index in [1.807, 2.05) is 32.2 Å². The highest BCUT2D eigenvalue weighted by molar-refractivity contribution is 7.89. The van der Waals surface area contributed by atoms with Crippen LogP contribution >= 0.6 is 11.3 Å². The van der Waals surface area contributed by atoms with Gasteiger partial charge >= 0.3 is 5.97 Å². The highest BCUT2D eigenvalue weighted by Gasteiger charge is 2.28. The Morgan fingerprint density at radius 2 is 1.61 bits per heavy atom. The van der Waals surface area contributed by atoms with Gasteiger partial charge in [0.1, 0.15) is 10.9 Å². The SMILES string of the molecule is Cc1nn(C)c2sc(C(=O)Nc3ccc(-c4ccc(S(=O)(=O)NC(C(=O)O)C(C)C)cc4)cc3)cc12. The summed E-state index contributed by atoms with van der Waals surface area (Å²) >= 11 is 1.38. The number of carboxylic acids is 1. The predicted molar refractivity (Wildman–Crippen MR) is 140 cm³/mol. The van der Waals surface area contributed by atoms with Crippen molar-refractivity contribution < 1.29 is 23.1 Å². The molecule has 2 heterocycles. The van der Waals surface area contributed by atoms with Gasteiger partial charge in [0.15, 0.2) is 0 Å². The molecule has 1 unspecified atom stereocenters. The summed E-state index contributed by atoms with van der Waals surface area (Å²) in [5.74, 6) is -1.83. The van der Waals surface area contributed by atoms with Crippen molar-refractivity contribution in [1.29, 1.82) is 0 Å². The molecule has 0 spiro atoms. The van der Waals surface area contributed by atoms with Crippen LogP contribution in [0.2, 0.25) is 0 Å². The molecule has 3 N–H and O–H groups in total. The Morgan fingerprint density at radius 1 is 1.03 bits per heavy atom. The topological polar surface area (TPSA) is 130 Å². The summed E-state index contributed by atoms with van der Waals surface area (Å²) in [6.45, 7) is 5.18. The first-order valence-corrected chi connectivity index (χ1v) is 13.5. The largest absolute Gasteiger partial charge is 0.480 e. The number of thiophene rings is 1. The van der Waals surface area contributed by atoms with E-state index >= 15 is 0 Å². The van der Waals surface area contributed by atoms with E-state index in [2.05, 4.69) is 15.1 Å². The lowest BCUT2D eigenvalue weighted by molar-refractivity contribution is -0.140. The van der Waals surface area contributed by atoms with Gasteiger partial charge in [-0.15, -0.1) is 11.3 Å². The minimum Gasteiger partial charge on any atom is -0.480 e. The minimum atomic E-state index is -3.99. The molecule has 0 aliphatic rings. The van der Waals surface area contributed by atoms with Crippen LogP contribution in [0.1, 0.15) is 29.2 Å². The Bertz CT molecular complexity index is 1500. The third-order valence-electron chi connectivity index (χ3n) is 5.78. The number of sulfonamides is 1. The first-order chi connectivity index (χ1) is 17.0. The monoisotopic (exact) mass is 526 g/mol. The summed E-state index contributed by atoms with van der Waals surface area (Å²) in [7, 11) is -2.14. The van der Waals surface area contributed by atoms with Crippen molar-refractivity contribution in [1.82, 2.24) is 14.5 Å². The molecule has 1 atom stereocenters. The zero-order valence-electron chi connectivity index (χ0n) is 20.1. The van der Waals surface area contributed by atoms with Crippen LogP contribution in [0.3, 0.4) is 0 Å². The number of rotatable bonds is 8. The number of fused-ring (bicyclic) bond motifs is 1. The van der Waals surface area contributed by atoms with Crippen LogP contribution in [0.4, 0.5) is 5.69 Å². The van der Waals surface area contributed by atoms with Gasteiger partial charge in [-0.05, 0) is 54.3 Å². The molecule has 2 aromatic carbocycles. The first kappa shape index (κ1) is 25.5. The lowest BCUT2D eigenvalue weighted by Gasteiger charge is -2.18. The lowest BCUT2D eigenvalue weighted by atomic mass is 10.1. The van der Waals surface area contributed by atoms with Gasteiger partial charge in [0.2, 0.25) is 10.0 Å². The Morgan fingerprint density at radius 3 is 2.14 bits per heavy atom. The third kappa shape index (κ3) is 5.18. The Labute approximate surface area is 212 Å². The van der Waals surface area contributed by atoms with Crippen molar-refractivity contribution in [2.45, 2.75) is 31.7 Å². The Kier molecular flexibility index (Phi) is 6.98. The first-order valence-electron chi connectivity index (χ1n) is 11.2. The molecule has 188 valence electrons. The highest BCUT2D eigenvalue weighted by atomic mass is 32.2. The number of amides is 1. The van der Waals surface area contributed by atoms with Crippen molar-refractivity contribution in [3.8, 4) is 11.1 Å². The number of hydrogen-bond donors (Lipinski definition) is 3. The summed E-state index contributed by atoms with van der Waals surface area (Å²) in [5.41, 5.74) is 3.12. The molecule has 0 bridgehead atoms. The van der Waals surface area contributed by atoms with E-state index in [1.165, 1.54) is 23.5 Å². The van der Waals surface area contributed by atoms with Crippen molar-refractivity contribution in [3.05, 3.63) is 65.2 Å². The second kappa shape index (κ2) is 9.84. The van der Waals surface area contributed by atoms with Crippen molar-refractivity contribution in [2.24, 2.45) is 13.0 Å². The number of hydrogen-bond acceptors (Lipinski definition) is 6. The number of anilines is 1. The molecule has 0 saturated heterocycles. The van der Waals surface area contributed by atoms with Crippen LogP contribution in [0.15, 0.2) is 59.5 Å². The van der Waals surface area contributed by atoms with E-state index in [4.69, 9.17) is 0 Å². The summed E-state index contributed by atoms with van der Waals surface area (Å²) < 4.78 is 29.3. The van der Waals surface area contributed by atoms with E-state index in [-0.39, 0.29) is 10.8 Å². The number of aromatic nitrogens is 2. The second-order valence-corrected chi connectivity index (χ2v) is 11.5. The van der Waals surface area contributed by atoms with Crippen molar-refractivity contribution in [3.63, 3.8) is 0 Å². The average Bonchev–Trinajstić information content (AvgIpc) is 3.39. The van der Waals surface area contributed by atoms with Gasteiger partial charge in [-0.3, -0.25) is 14.3 Å². The van der Waals surface area contributed by atoms with E-state index in [9.17, 15) is 23.1 Å². The second-order valence-electron chi connectivity index (χ2n) is 8.78. The summed E-state index contributed by atoms with van der Waals surface area (Å²) in [6.07, 6.45) is 0. The zero-order chi connectivity index (χ0) is 26.2. The number of benzene rings is 2. The Balaban J connectivity index is 1.46. The minimum absolute atomic E-state index is 0.0178. The standard InChI is InChI=1S/C25H26N4O5S2/c1-14(2)22(25(31)32)28-36(33,34)19-11-7-17(8-12-19)16-5-9-18(10-6-16)26-23(30)21-13-20-15(3)27-29(4)24(20)35-21/h5-14,22,28H,1-4H3,(H,26,30)(H,31,32). The molecule has 0 saturated carbocycles. The maximum absolute atomic E-state index is 12.7. The van der Waals surface area contributed by atoms with Gasteiger partial charge in [-0.25, -0.2) is 8.42 Å². The molecule has 36 heavy (non-hydrogen) atoms. The normalized spacial score (nSPS) is 12.7. The molecule has 11 heteroatoms. The molecule has 0 radical (unpaired) electrons. The van der Waals surface area contributed by atoms with E-state index < -0.39 is 28.0 Å². The fourth-order valence-corrected chi connectivity index (χ4v) is 6.15. The summed E-state index contributed by atoms with van der Waals surface area (Å²) in [4.78, 5) is 25.6. The molecule has 0 aliphatic carbocycles. The number of nitrogens with one attached hydrogen (secondary N) is 2. The molecular formula is C25H26N4O5S2. The molecule has 0 fully saturated rings. The molecule has 9 nitrogen and oxygen atoms in total. The zero-order valence-corrected chi connectivity index (χ0v) is 21.8. The van der Waals surface area contributed by atoms with Crippen LogP contribution in [0, 0.1) is 12.8 Å². The number of carboxylic acid groups (broad SMARTS) is 1. The van der Waals surface area contributed by atoms with Gasteiger partial charge in [-0.2, -0.15) is 9.82 Å². The van der Waals surface area contributed by atoms with Crippen molar-refractivity contribution >= 4 is 49.1 Å². The number of carbonyl (C=O) groups is 2. The number of carbonyl (C=O) groups excluding carboxylic acids is 1. The summed E-state index contributed by atoms with van der Waals surface area (Å²) in [6, 6.07) is 14.0. The van der Waals surface area contributed by atoms with Crippen LogP contribution in [0.5, 0.6) is 0 Å². The highest BCUT2D eigenvalue weighted by Crippen LogP contribution is 2.29. The van der Waals surface area contributed by atoms with Crippen LogP contribution in [-0.4, -0.2) is 41.2 Å². The maximum Gasteiger partial charge on any atom is 0.322 e. The van der Waals surface area contributed by atoms with Crippen molar-refractivity contribution in [2.75, 3.05) is 5.32 Å². The quantitative estimate of drug-likeness (QED) is 0.315. The molecule has 0 aliphatic heterocycles. The fraction of sp³-hybridized carbons (Fsp3) is 0.240. The van der Waals surface area contributed by atoms with Gasteiger partial charge in [0, 0.05) is 18.1 Å². The molecule has 4 aromatic rings. The lowest BCUT2D eigenvalue weighted by Crippen LogP contribution is -2.44.